The van der Waals surface area contributed by atoms with Crippen molar-refractivity contribution in [2.75, 3.05) is 0 Å². The van der Waals surface area contributed by atoms with Gasteiger partial charge >= 0.3 is 12.4 Å². The Balaban J connectivity index is 3.65. The number of hydrogen-bond acceptors (Lipinski definition) is 0. The standard InChI is InChI=1S/C13H14F6/c1-7-5-11(3,4)6-9(12(14,15)16)8(2)10(7)13(17,18)19/h5-6H,1-4H3. The first kappa shape index (κ1) is 15.9. The Bertz CT molecular complexity index is 468. The predicted octanol–water partition coefficient (Wildman–Crippen LogP) is 5.34. The van der Waals surface area contributed by atoms with E-state index in [-0.39, 0.29) is 5.57 Å². The quantitative estimate of drug-likeness (QED) is 0.527. The Morgan fingerprint density at radius 1 is 0.842 bits per heavy atom. The molecule has 0 heterocycles. The van der Waals surface area contributed by atoms with E-state index in [4.69, 9.17) is 0 Å². The van der Waals surface area contributed by atoms with Crippen LogP contribution in [-0.4, -0.2) is 12.4 Å². The maximum atomic E-state index is 12.9. The molecule has 0 aromatic carbocycles. The molecule has 6 heteroatoms. The van der Waals surface area contributed by atoms with E-state index in [0.717, 1.165) is 13.0 Å². The second-order valence-electron chi connectivity index (χ2n) is 5.20. The molecule has 0 atom stereocenters. The molecule has 0 nitrogen and oxygen atoms in total. The van der Waals surface area contributed by atoms with Crippen LogP contribution in [-0.2, 0) is 0 Å². The summed E-state index contributed by atoms with van der Waals surface area (Å²) in [4.78, 5) is 0. The molecule has 0 aromatic heterocycles. The third-order valence-electron chi connectivity index (χ3n) is 2.87. The van der Waals surface area contributed by atoms with E-state index < -0.39 is 34.5 Å². The normalized spacial score (nSPS) is 20.9. The minimum Gasteiger partial charge on any atom is -0.166 e. The molecule has 0 spiro atoms. The summed E-state index contributed by atoms with van der Waals surface area (Å²) in [5, 5.41) is 0. The second-order valence-corrected chi connectivity index (χ2v) is 5.20. The molecule has 108 valence electrons. The molecule has 0 radical (unpaired) electrons. The summed E-state index contributed by atoms with van der Waals surface area (Å²) in [5.41, 5.74) is -4.49. The molecule has 1 aliphatic rings. The van der Waals surface area contributed by atoms with Gasteiger partial charge in [0.1, 0.15) is 0 Å². The summed E-state index contributed by atoms with van der Waals surface area (Å²) < 4.78 is 77.6. The average Bonchev–Trinajstić information content (AvgIpc) is 2.16. The van der Waals surface area contributed by atoms with Crippen LogP contribution in [0.4, 0.5) is 26.3 Å². The summed E-state index contributed by atoms with van der Waals surface area (Å²) >= 11 is 0. The average molecular weight is 284 g/mol. The first-order valence-corrected chi connectivity index (χ1v) is 5.54. The van der Waals surface area contributed by atoms with Gasteiger partial charge in [-0.25, -0.2) is 0 Å². The minimum atomic E-state index is -4.81. The second kappa shape index (κ2) is 4.42. The predicted molar refractivity (Wildman–Crippen MR) is 60.4 cm³/mol. The SMILES string of the molecule is CC1=CC(C)(C)C=C(C(F)(F)F)C(C)=C1C(F)(F)F. The van der Waals surface area contributed by atoms with Crippen molar-refractivity contribution in [3.8, 4) is 0 Å². The van der Waals surface area contributed by atoms with E-state index in [1.165, 1.54) is 26.8 Å². The number of hydrogen-bond donors (Lipinski definition) is 0. The van der Waals surface area contributed by atoms with E-state index >= 15 is 0 Å². The van der Waals surface area contributed by atoms with Crippen molar-refractivity contribution < 1.29 is 26.3 Å². The lowest BCUT2D eigenvalue weighted by Crippen LogP contribution is -2.20. The topological polar surface area (TPSA) is 0 Å². The molecule has 19 heavy (non-hydrogen) atoms. The molecule has 0 saturated heterocycles. The fourth-order valence-electron chi connectivity index (χ4n) is 2.31. The maximum Gasteiger partial charge on any atom is 0.416 e. The van der Waals surface area contributed by atoms with Gasteiger partial charge in [0, 0.05) is 5.41 Å². The molecule has 0 saturated carbocycles. The van der Waals surface area contributed by atoms with Crippen LogP contribution in [0.1, 0.15) is 27.7 Å². The minimum absolute atomic E-state index is 0.189. The van der Waals surface area contributed by atoms with Gasteiger partial charge in [-0.3, -0.25) is 0 Å². The Kier molecular flexibility index (Phi) is 3.69. The highest BCUT2D eigenvalue weighted by atomic mass is 19.4. The van der Waals surface area contributed by atoms with Gasteiger partial charge in [-0.2, -0.15) is 26.3 Å². The molecular weight excluding hydrogens is 270 g/mol. The summed E-state index contributed by atoms with van der Waals surface area (Å²) in [7, 11) is 0. The van der Waals surface area contributed by atoms with Crippen LogP contribution in [0.5, 0.6) is 0 Å². The fraction of sp³-hybridized carbons (Fsp3) is 0.538. The summed E-state index contributed by atoms with van der Waals surface area (Å²) in [6.45, 7) is 4.92. The molecule has 0 amide bonds. The van der Waals surface area contributed by atoms with Crippen LogP contribution in [0.15, 0.2) is 34.4 Å². The van der Waals surface area contributed by atoms with Crippen molar-refractivity contribution in [3.63, 3.8) is 0 Å². The first-order chi connectivity index (χ1) is 8.26. The van der Waals surface area contributed by atoms with E-state index in [0.29, 0.717) is 0 Å². The lowest BCUT2D eigenvalue weighted by molar-refractivity contribution is -0.0956. The third-order valence-corrected chi connectivity index (χ3v) is 2.87. The lowest BCUT2D eigenvalue weighted by Gasteiger charge is -2.19. The van der Waals surface area contributed by atoms with Gasteiger partial charge in [-0.1, -0.05) is 26.0 Å². The Hall–Kier alpha value is -1.20. The van der Waals surface area contributed by atoms with Crippen LogP contribution in [0, 0.1) is 5.41 Å². The molecule has 0 N–H and O–H groups in total. The van der Waals surface area contributed by atoms with Crippen LogP contribution >= 0.6 is 0 Å². The van der Waals surface area contributed by atoms with Gasteiger partial charge in [0.05, 0.1) is 11.1 Å². The van der Waals surface area contributed by atoms with Crippen molar-refractivity contribution in [1.29, 1.82) is 0 Å². The molecular formula is C13H14F6. The molecule has 0 bridgehead atoms. The van der Waals surface area contributed by atoms with Gasteiger partial charge in [-0.15, -0.1) is 0 Å². The van der Waals surface area contributed by atoms with Gasteiger partial charge in [0.15, 0.2) is 0 Å². The zero-order chi connectivity index (χ0) is 15.2. The fourth-order valence-corrected chi connectivity index (χ4v) is 2.31. The number of rotatable bonds is 0. The van der Waals surface area contributed by atoms with E-state index in [1.54, 1.807) is 0 Å². The van der Waals surface area contributed by atoms with Crippen molar-refractivity contribution in [3.05, 3.63) is 34.4 Å². The molecule has 0 unspecified atom stereocenters. The lowest BCUT2D eigenvalue weighted by atomic mass is 9.89. The zero-order valence-electron chi connectivity index (χ0n) is 10.9. The van der Waals surface area contributed by atoms with Crippen LogP contribution in [0.3, 0.4) is 0 Å². The Labute approximate surface area is 107 Å². The zero-order valence-corrected chi connectivity index (χ0v) is 10.9. The molecule has 0 aromatic rings. The van der Waals surface area contributed by atoms with Crippen LogP contribution in [0.2, 0.25) is 0 Å². The van der Waals surface area contributed by atoms with Crippen LogP contribution < -0.4 is 0 Å². The summed E-state index contributed by atoms with van der Waals surface area (Å²) in [6, 6.07) is 0. The monoisotopic (exact) mass is 284 g/mol. The summed E-state index contributed by atoms with van der Waals surface area (Å²) in [6.07, 6.45) is -7.58. The molecule has 0 aliphatic heterocycles. The van der Waals surface area contributed by atoms with Crippen LogP contribution in [0.25, 0.3) is 0 Å². The maximum absolute atomic E-state index is 12.9. The van der Waals surface area contributed by atoms with Gasteiger partial charge in [0.25, 0.3) is 0 Å². The number of alkyl halides is 6. The number of halogens is 6. The van der Waals surface area contributed by atoms with E-state index in [9.17, 15) is 26.3 Å². The van der Waals surface area contributed by atoms with Crippen molar-refractivity contribution in [2.24, 2.45) is 5.41 Å². The molecule has 0 fully saturated rings. The highest BCUT2D eigenvalue weighted by Crippen LogP contribution is 2.45. The van der Waals surface area contributed by atoms with Gasteiger partial charge < -0.3 is 0 Å². The molecule has 1 aliphatic carbocycles. The van der Waals surface area contributed by atoms with Crippen molar-refractivity contribution in [1.82, 2.24) is 0 Å². The largest absolute Gasteiger partial charge is 0.416 e. The third kappa shape index (κ3) is 3.42. The highest BCUT2D eigenvalue weighted by molar-refractivity contribution is 5.51. The van der Waals surface area contributed by atoms with Crippen molar-refractivity contribution in [2.45, 2.75) is 40.0 Å². The Morgan fingerprint density at radius 3 is 1.68 bits per heavy atom. The number of allylic oxidation sites excluding steroid dienone is 6. The Morgan fingerprint density at radius 2 is 1.32 bits per heavy atom. The van der Waals surface area contributed by atoms with Crippen molar-refractivity contribution >= 4 is 0 Å². The van der Waals surface area contributed by atoms with Gasteiger partial charge in [-0.05, 0) is 25.0 Å². The van der Waals surface area contributed by atoms with Gasteiger partial charge in [0.2, 0.25) is 0 Å². The highest BCUT2D eigenvalue weighted by Gasteiger charge is 2.44. The summed E-state index contributed by atoms with van der Waals surface area (Å²) in [5.74, 6) is 0. The van der Waals surface area contributed by atoms with E-state index in [1.807, 2.05) is 0 Å². The smallest absolute Gasteiger partial charge is 0.166 e. The van der Waals surface area contributed by atoms with E-state index in [2.05, 4.69) is 0 Å². The first-order valence-electron chi connectivity index (χ1n) is 5.54. The molecule has 1 rings (SSSR count).